The standard InChI is InChI=1S/C17H16FNO3S/c1-12-2-7-16-15(10-12)17(20)8-9-19(16)23(21,22)11-13-3-5-14(18)6-4-13/h2-7,10H,8-9,11H2,1H3. The van der Waals surface area contributed by atoms with Crippen molar-refractivity contribution in [2.75, 3.05) is 10.8 Å². The van der Waals surface area contributed by atoms with Crippen LogP contribution in [0.1, 0.15) is 27.9 Å². The van der Waals surface area contributed by atoms with Gasteiger partial charge >= 0.3 is 0 Å². The van der Waals surface area contributed by atoms with Gasteiger partial charge in [0.15, 0.2) is 5.78 Å². The van der Waals surface area contributed by atoms with Crippen LogP contribution in [0.4, 0.5) is 10.1 Å². The zero-order chi connectivity index (χ0) is 16.6. The molecule has 0 fully saturated rings. The second-order valence-corrected chi connectivity index (χ2v) is 7.54. The number of carbonyl (C=O) groups is 1. The van der Waals surface area contributed by atoms with Crippen LogP contribution in [0.3, 0.4) is 0 Å². The summed E-state index contributed by atoms with van der Waals surface area (Å²) in [6.07, 6.45) is 0.166. The smallest absolute Gasteiger partial charge is 0.239 e. The zero-order valence-corrected chi connectivity index (χ0v) is 13.4. The molecule has 0 saturated heterocycles. The fourth-order valence-electron chi connectivity index (χ4n) is 2.71. The maximum Gasteiger partial charge on any atom is 0.239 e. The number of aryl methyl sites for hydroxylation is 1. The third-order valence-corrected chi connectivity index (χ3v) is 5.61. The first kappa shape index (κ1) is 15.7. The summed E-state index contributed by atoms with van der Waals surface area (Å²) >= 11 is 0. The third kappa shape index (κ3) is 3.12. The van der Waals surface area contributed by atoms with Gasteiger partial charge in [-0.05, 0) is 36.8 Å². The van der Waals surface area contributed by atoms with Crippen LogP contribution in [-0.2, 0) is 15.8 Å². The van der Waals surface area contributed by atoms with Gasteiger partial charge in [-0.2, -0.15) is 0 Å². The van der Waals surface area contributed by atoms with Crippen LogP contribution in [0.25, 0.3) is 0 Å². The number of carbonyl (C=O) groups excluding carboxylic acids is 1. The second kappa shape index (κ2) is 5.77. The topological polar surface area (TPSA) is 54.5 Å². The minimum atomic E-state index is -3.64. The van der Waals surface area contributed by atoms with Crippen molar-refractivity contribution >= 4 is 21.5 Å². The van der Waals surface area contributed by atoms with Crippen LogP contribution >= 0.6 is 0 Å². The quantitative estimate of drug-likeness (QED) is 0.867. The number of hydrogen-bond donors (Lipinski definition) is 0. The van der Waals surface area contributed by atoms with Crippen LogP contribution in [0.2, 0.25) is 0 Å². The number of halogens is 1. The minimum Gasteiger partial charge on any atom is -0.294 e. The Labute approximate surface area is 134 Å². The molecule has 0 spiro atoms. The van der Waals surface area contributed by atoms with Gasteiger partial charge in [0.05, 0.1) is 11.4 Å². The van der Waals surface area contributed by atoms with E-state index in [0.717, 1.165) is 5.56 Å². The van der Waals surface area contributed by atoms with Crippen molar-refractivity contribution in [1.29, 1.82) is 0 Å². The van der Waals surface area contributed by atoms with Gasteiger partial charge in [0.1, 0.15) is 5.82 Å². The third-order valence-electron chi connectivity index (χ3n) is 3.86. The summed E-state index contributed by atoms with van der Waals surface area (Å²) < 4.78 is 39.7. The van der Waals surface area contributed by atoms with Crippen molar-refractivity contribution in [3.05, 3.63) is 65.0 Å². The second-order valence-electron chi connectivity index (χ2n) is 5.65. The monoisotopic (exact) mass is 333 g/mol. The van der Waals surface area contributed by atoms with E-state index in [2.05, 4.69) is 0 Å². The number of ketones is 1. The van der Waals surface area contributed by atoms with Gasteiger partial charge in [0.2, 0.25) is 10.0 Å². The van der Waals surface area contributed by atoms with Gasteiger partial charge in [0.25, 0.3) is 0 Å². The number of rotatable bonds is 3. The predicted octanol–water partition coefficient (Wildman–Crippen LogP) is 3.06. The summed E-state index contributed by atoms with van der Waals surface area (Å²) in [6, 6.07) is 10.6. The van der Waals surface area contributed by atoms with Crippen molar-refractivity contribution < 1.29 is 17.6 Å². The largest absolute Gasteiger partial charge is 0.294 e. The Hall–Kier alpha value is -2.21. The van der Waals surface area contributed by atoms with Crippen molar-refractivity contribution in [2.45, 2.75) is 19.1 Å². The summed E-state index contributed by atoms with van der Waals surface area (Å²) in [4.78, 5) is 12.0. The number of Topliss-reactive ketones (excluding diaryl/α,β-unsaturated/α-hetero) is 1. The average molecular weight is 333 g/mol. The summed E-state index contributed by atoms with van der Waals surface area (Å²) in [5.74, 6) is -0.679. The van der Waals surface area contributed by atoms with Crippen LogP contribution < -0.4 is 4.31 Å². The van der Waals surface area contributed by atoms with Crippen LogP contribution in [0.15, 0.2) is 42.5 Å². The Kier molecular flexibility index (Phi) is 3.93. The van der Waals surface area contributed by atoms with Gasteiger partial charge < -0.3 is 0 Å². The Bertz CT molecular complexity index is 860. The molecule has 0 radical (unpaired) electrons. The van der Waals surface area contributed by atoms with E-state index in [1.165, 1.54) is 28.6 Å². The number of sulfonamides is 1. The van der Waals surface area contributed by atoms with Crippen molar-refractivity contribution in [2.24, 2.45) is 0 Å². The molecule has 120 valence electrons. The first-order chi connectivity index (χ1) is 10.9. The molecule has 0 aliphatic carbocycles. The lowest BCUT2D eigenvalue weighted by molar-refractivity contribution is 0.0982. The summed E-state index contributed by atoms with van der Waals surface area (Å²) in [7, 11) is -3.64. The average Bonchev–Trinajstić information content (AvgIpc) is 2.50. The molecule has 1 heterocycles. The molecule has 0 aromatic heterocycles. The molecule has 2 aromatic carbocycles. The molecule has 4 nitrogen and oxygen atoms in total. The fraction of sp³-hybridized carbons (Fsp3) is 0.235. The molecule has 3 rings (SSSR count). The lowest BCUT2D eigenvalue weighted by Gasteiger charge is -2.30. The highest BCUT2D eigenvalue weighted by molar-refractivity contribution is 7.92. The highest BCUT2D eigenvalue weighted by Crippen LogP contribution is 2.31. The van der Waals surface area contributed by atoms with E-state index < -0.39 is 15.8 Å². The maximum atomic E-state index is 13.0. The Morgan fingerprint density at radius 3 is 2.52 bits per heavy atom. The number of fused-ring (bicyclic) bond motifs is 1. The van der Waals surface area contributed by atoms with Crippen LogP contribution in [-0.4, -0.2) is 20.7 Å². The number of nitrogens with zero attached hydrogens (tertiary/aromatic N) is 1. The maximum absolute atomic E-state index is 13.0. The van der Waals surface area contributed by atoms with Gasteiger partial charge in [-0.15, -0.1) is 0 Å². The first-order valence-corrected chi connectivity index (χ1v) is 8.86. The van der Waals surface area contributed by atoms with Gasteiger partial charge in [-0.25, -0.2) is 12.8 Å². The molecule has 0 amide bonds. The number of benzene rings is 2. The molecule has 1 aliphatic heterocycles. The molecule has 0 unspecified atom stereocenters. The SMILES string of the molecule is Cc1ccc2c(c1)C(=O)CCN2S(=O)(=O)Cc1ccc(F)cc1. The normalized spacial score (nSPS) is 14.7. The lowest BCUT2D eigenvalue weighted by atomic mass is 10.0. The van der Waals surface area contributed by atoms with Crippen LogP contribution in [0, 0.1) is 12.7 Å². The molecule has 0 saturated carbocycles. The molecule has 2 aromatic rings. The van der Waals surface area contributed by atoms with E-state index >= 15 is 0 Å². The van der Waals surface area contributed by atoms with E-state index in [1.54, 1.807) is 18.2 Å². The van der Waals surface area contributed by atoms with Gasteiger partial charge in [-0.3, -0.25) is 9.10 Å². The lowest BCUT2D eigenvalue weighted by Crippen LogP contribution is -2.38. The van der Waals surface area contributed by atoms with Crippen molar-refractivity contribution in [3.63, 3.8) is 0 Å². The Morgan fingerprint density at radius 1 is 1.13 bits per heavy atom. The molecular formula is C17H16FNO3S. The van der Waals surface area contributed by atoms with E-state index in [4.69, 9.17) is 0 Å². The number of hydrogen-bond acceptors (Lipinski definition) is 3. The summed E-state index contributed by atoms with van der Waals surface area (Å²) in [5, 5.41) is 0. The molecule has 6 heteroatoms. The van der Waals surface area contributed by atoms with Crippen molar-refractivity contribution in [3.8, 4) is 0 Å². The highest BCUT2D eigenvalue weighted by Gasteiger charge is 2.31. The fourth-order valence-corrected chi connectivity index (χ4v) is 4.30. The Morgan fingerprint density at radius 2 is 1.83 bits per heavy atom. The molecule has 1 aliphatic rings. The first-order valence-electron chi connectivity index (χ1n) is 7.25. The predicted molar refractivity (Wildman–Crippen MR) is 86.5 cm³/mol. The van der Waals surface area contributed by atoms with E-state index in [9.17, 15) is 17.6 Å². The zero-order valence-electron chi connectivity index (χ0n) is 12.6. The summed E-state index contributed by atoms with van der Waals surface area (Å²) in [6.45, 7) is 2.00. The molecule has 0 N–H and O–H groups in total. The van der Waals surface area contributed by atoms with Crippen LogP contribution in [0.5, 0.6) is 0 Å². The van der Waals surface area contributed by atoms with Gasteiger partial charge in [-0.1, -0.05) is 23.8 Å². The number of anilines is 1. The molecule has 23 heavy (non-hydrogen) atoms. The molecule has 0 bridgehead atoms. The van der Waals surface area contributed by atoms with E-state index in [0.29, 0.717) is 16.8 Å². The van der Waals surface area contributed by atoms with Gasteiger partial charge in [0, 0.05) is 18.5 Å². The van der Waals surface area contributed by atoms with E-state index in [1.807, 2.05) is 6.92 Å². The summed E-state index contributed by atoms with van der Waals surface area (Å²) in [5.41, 5.74) is 2.29. The highest BCUT2D eigenvalue weighted by atomic mass is 32.2. The van der Waals surface area contributed by atoms with E-state index in [-0.39, 0.29) is 24.5 Å². The molecular weight excluding hydrogens is 317 g/mol. The Balaban J connectivity index is 1.96. The van der Waals surface area contributed by atoms with Crippen molar-refractivity contribution in [1.82, 2.24) is 0 Å². The minimum absolute atomic E-state index is 0.0445. The molecule has 0 atom stereocenters.